The predicted octanol–water partition coefficient (Wildman–Crippen LogP) is 6.08. The molecule has 1 aliphatic carbocycles. The van der Waals surface area contributed by atoms with Gasteiger partial charge < -0.3 is 30.2 Å². The minimum absolute atomic E-state index is 0.0564. The third-order valence-corrected chi connectivity index (χ3v) is 8.80. The highest BCUT2D eigenvalue weighted by Crippen LogP contribution is 2.50. The van der Waals surface area contributed by atoms with Gasteiger partial charge in [-0.3, -0.25) is 14.4 Å². The van der Waals surface area contributed by atoms with Crippen LogP contribution in [-0.2, 0) is 16.0 Å². The third kappa shape index (κ3) is 7.20. The number of fused-ring (bicyclic) bond motifs is 4. The van der Waals surface area contributed by atoms with Crippen LogP contribution in [0.15, 0.2) is 53.3 Å². The van der Waals surface area contributed by atoms with Crippen LogP contribution in [0, 0.1) is 0 Å². The first-order valence-corrected chi connectivity index (χ1v) is 15.8. The van der Waals surface area contributed by atoms with Crippen molar-refractivity contribution in [2.45, 2.75) is 51.5 Å². The van der Waals surface area contributed by atoms with E-state index in [1.807, 2.05) is 36.4 Å². The van der Waals surface area contributed by atoms with E-state index in [4.69, 9.17) is 14.2 Å². The summed E-state index contributed by atoms with van der Waals surface area (Å²) in [5.41, 5.74) is 4.43. The van der Waals surface area contributed by atoms with E-state index < -0.39 is 0 Å². The molecule has 0 saturated carbocycles. The number of methoxy groups -OCH3 is 3. The Bertz CT molecular complexity index is 1740. The molecular weight excluding hydrogens is 592 g/mol. The number of anilines is 2. The Hall–Kier alpha value is -4.64. The Balaban J connectivity index is 1.28. The second-order valence-corrected chi connectivity index (χ2v) is 11.9. The highest BCUT2D eigenvalue weighted by atomic mass is 32.1. The van der Waals surface area contributed by atoms with Gasteiger partial charge in [-0.15, -0.1) is 0 Å². The van der Waals surface area contributed by atoms with Crippen molar-refractivity contribution < 1.29 is 23.8 Å². The van der Waals surface area contributed by atoms with E-state index >= 15 is 0 Å². The molecule has 11 heteroatoms. The van der Waals surface area contributed by atoms with E-state index in [0.717, 1.165) is 46.2 Å². The number of rotatable bonds is 12. The molecular formula is C34H38N4O6S. The molecule has 0 radical (unpaired) electrons. The lowest BCUT2D eigenvalue weighted by molar-refractivity contribution is -0.119. The van der Waals surface area contributed by atoms with Crippen molar-refractivity contribution in [3.05, 3.63) is 69.9 Å². The number of unbranched alkanes of at least 4 members (excludes halogenated alkanes) is 2. The van der Waals surface area contributed by atoms with Crippen LogP contribution in [0.5, 0.6) is 17.2 Å². The zero-order valence-corrected chi connectivity index (χ0v) is 26.8. The fourth-order valence-electron chi connectivity index (χ4n) is 5.77. The molecule has 2 amide bonds. The summed E-state index contributed by atoms with van der Waals surface area (Å²) in [5, 5.41) is 9.81. The average molecular weight is 631 g/mol. The maximum Gasteiger partial charge on any atom is 0.226 e. The molecule has 0 fully saturated rings. The summed E-state index contributed by atoms with van der Waals surface area (Å²) >= 11 is 1.46. The monoisotopic (exact) mass is 630 g/mol. The number of carbonyl (C=O) groups excluding carboxylic acids is 2. The molecule has 3 N–H and O–H groups in total. The van der Waals surface area contributed by atoms with Gasteiger partial charge in [0.2, 0.25) is 23.0 Å². The van der Waals surface area contributed by atoms with Crippen LogP contribution in [0.2, 0.25) is 0 Å². The number of hydrogen-bond donors (Lipinski definition) is 3. The Labute approximate surface area is 266 Å². The Kier molecular flexibility index (Phi) is 10.2. The zero-order chi connectivity index (χ0) is 31.9. The molecule has 1 aliphatic rings. The number of nitrogens with zero attached hydrogens (tertiary/aromatic N) is 1. The fourth-order valence-corrected chi connectivity index (χ4v) is 6.65. The van der Waals surface area contributed by atoms with Gasteiger partial charge in [0.15, 0.2) is 16.6 Å². The Morgan fingerprint density at radius 3 is 2.51 bits per heavy atom. The highest BCUT2D eigenvalue weighted by Gasteiger charge is 2.29. The van der Waals surface area contributed by atoms with Crippen LogP contribution in [0.1, 0.15) is 56.2 Å². The number of nitrogens with one attached hydrogen (secondary N) is 3. The number of ether oxygens (including phenoxy) is 3. The van der Waals surface area contributed by atoms with Crippen LogP contribution in [-0.4, -0.2) is 44.7 Å². The fraction of sp³-hybridized carbons (Fsp3) is 0.353. The lowest BCUT2D eigenvalue weighted by atomic mass is 9.95. The maximum absolute atomic E-state index is 13.5. The Morgan fingerprint density at radius 1 is 0.978 bits per heavy atom. The van der Waals surface area contributed by atoms with Crippen molar-refractivity contribution in [1.29, 1.82) is 0 Å². The Morgan fingerprint density at radius 2 is 1.78 bits per heavy atom. The van der Waals surface area contributed by atoms with Gasteiger partial charge in [0.25, 0.3) is 0 Å². The van der Waals surface area contributed by atoms with Gasteiger partial charge in [-0.25, -0.2) is 4.98 Å². The van der Waals surface area contributed by atoms with E-state index in [1.165, 1.54) is 18.3 Å². The number of aryl methyl sites for hydroxylation is 1. The van der Waals surface area contributed by atoms with Gasteiger partial charge in [0, 0.05) is 25.5 Å². The van der Waals surface area contributed by atoms with Crippen molar-refractivity contribution in [3.63, 3.8) is 0 Å². The van der Waals surface area contributed by atoms with E-state index in [1.54, 1.807) is 33.5 Å². The summed E-state index contributed by atoms with van der Waals surface area (Å²) in [5.74, 6) is 1.29. The topological polar surface area (TPSA) is 128 Å². The highest BCUT2D eigenvalue weighted by molar-refractivity contribution is 7.22. The summed E-state index contributed by atoms with van der Waals surface area (Å²) in [6, 6.07) is 14.6. The number of benzene rings is 2. The van der Waals surface area contributed by atoms with Crippen molar-refractivity contribution in [3.8, 4) is 28.4 Å². The van der Waals surface area contributed by atoms with Crippen molar-refractivity contribution in [2.24, 2.45) is 0 Å². The van der Waals surface area contributed by atoms with E-state index in [-0.39, 0.29) is 23.3 Å². The van der Waals surface area contributed by atoms with Crippen LogP contribution in [0.25, 0.3) is 21.3 Å². The SMILES string of the molecule is COc1cc2c(c(OC)c1OC)-c1ccc(NCCCCCC(=O)Nc3nc4ccccc4s3)c(=O)cc1C(NC(C)=O)CC2. The molecule has 0 spiro atoms. The summed E-state index contributed by atoms with van der Waals surface area (Å²) in [4.78, 5) is 42.5. The van der Waals surface area contributed by atoms with Gasteiger partial charge in [-0.2, -0.15) is 0 Å². The molecule has 5 rings (SSSR count). The molecule has 1 aromatic heterocycles. The van der Waals surface area contributed by atoms with Crippen molar-refractivity contribution in [1.82, 2.24) is 10.3 Å². The summed E-state index contributed by atoms with van der Waals surface area (Å²) in [6.45, 7) is 2.05. The zero-order valence-electron chi connectivity index (χ0n) is 26.0. The number of thiazole rings is 1. The number of para-hydroxylation sites is 1. The first kappa shape index (κ1) is 31.8. The summed E-state index contributed by atoms with van der Waals surface area (Å²) in [7, 11) is 4.71. The lowest BCUT2D eigenvalue weighted by Crippen LogP contribution is -2.26. The quantitative estimate of drug-likeness (QED) is 0.161. The van der Waals surface area contributed by atoms with Crippen molar-refractivity contribution >= 4 is 44.2 Å². The van der Waals surface area contributed by atoms with Gasteiger partial charge in [0.1, 0.15) is 0 Å². The van der Waals surface area contributed by atoms with E-state index in [9.17, 15) is 14.4 Å². The first-order chi connectivity index (χ1) is 21.8. The molecule has 10 nitrogen and oxygen atoms in total. The van der Waals surface area contributed by atoms with Gasteiger partial charge in [-0.05, 0) is 72.7 Å². The summed E-state index contributed by atoms with van der Waals surface area (Å²) in [6.07, 6.45) is 3.95. The van der Waals surface area contributed by atoms with Gasteiger partial charge in [-0.1, -0.05) is 36.0 Å². The minimum Gasteiger partial charge on any atom is -0.493 e. The number of carbonyl (C=O) groups is 2. The molecule has 0 saturated heterocycles. The largest absolute Gasteiger partial charge is 0.493 e. The minimum atomic E-state index is -0.367. The average Bonchev–Trinajstić information content (AvgIpc) is 3.29. The van der Waals surface area contributed by atoms with Crippen LogP contribution in [0.4, 0.5) is 10.8 Å². The van der Waals surface area contributed by atoms with Crippen LogP contribution < -0.4 is 35.6 Å². The second-order valence-electron chi connectivity index (χ2n) is 10.9. The molecule has 236 valence electrons. The predicted molar refractivity (Wildman–Crippen MR) is 178 cm³/mol. The first-order valence-electron chi connectivity index (χ1n) is 15.0. The molecule has 45 heavy (non-hydrogen) atoms. The van der Waals surface area contributed by atoms with Crippen LogP contribution >= 0.6 is 11.3 Å². The normalized spacial score (nSPS) is 13.6. The molecule has 1 atom stereocenters. The van der Waals surface area contributed by atoms with Gasteiger partial charge in [0.05, 0.1) is 43.3 Å². The molecule has 0 bridgehead atoms. The number of hydrogen-bond acceptors (Lipinski definition) is 9. The molecule has 4 aromatic rings. The third-order valence-electron chi connectivity index (χ3n) is 7.85. The summed E-state index contributed by atoms with van der Waals surface area (Å²) < 4.78 is 18.1. The maximum atomic E-state index is 13.5. The van der Waals surface area contributed by atoms with E-state index in [0.29, 0.717) is 59.4 Å². The number of amides is 2. The molecule has 1 unspecified atom stereocenters. The van der Waals surface area contributed by atoms with Gasteiger partial charge >= 0.3 is 0 Å². The second kappa shape index (κ2) is 14.4. The molecule has 3 aromatic carbocycles. The smallest absolute Gasteiger partial charge is 0.226 e. The van der Waals surface area contributed by atoms with Crippen molar-refractivity contribution in [2.75, 3.05) is 38.5 Å². The molecule has 1 heterocycles. The van der Waals surface area contributed by atoms with Crippen LogP contribution in [0.3, 0.4) is 0 Å². The van der Waals surface area contributed by atoms with E-state index in [2.05, 4.69) is 20.9 Å². The molecule has 0 aliphatic heterocycles. The number of aromatic nitrogens is 1. The standard InChI is InChI=1S/C34H38N4O6S/c1-20(39)36-24-15-13-21-18-28(42-2)32(43-3)33(44-4)31(21)22-14-16-25(27(40)19-23(22)24)35-17-9-5-6-12-30(41)38-34-37-26-10-7-8-11-29(26)45-34/h7-8,10-11,14,16,18-19,24H,5-6,9,12-13,15,17H2,1-4H3,(H,35,40)(H,36,39)(H,37,38,41). The lowest BCUT2D eigenvalue weighted by Gasteiger charge is -2.19.